The molecule has 0 saturated carbocycles. The van der Waals surface area contributed by atoms with Gasteiger partial charge in [-0.3, -0.25) is 4.98 Å². The van der Waals surface area contributed by atoms with E-state index < -0.39 is 27.6 Å². The second-order valence-electron chi connectivity index (χ2n) is 6.42. The van der Waals surface area contributed by atoms with E-state index in [9.17, 15) is 18.8 Å². The molecule has 6 heteroatoms. The van der Waals surface area contributed by atoms with Crippen LogP contribution in [0.25, 0.3) is 11.1 Å². The Balaban J connectivity index is 1.78. The minimum absolute atomic E-state index is 0.0977. The lowest BCUT2D eigenvalue weighted by molar-refractivity contribution is -0.136. The molecule has 3 atom stereocenters. The normalized spacial score (nSPS) is 14.2. The van der Waals surface area contributed by atoms with Crippen molar-refractivity contribution in [3.63, 3.8) is 0 Å². The van der Waals surface area contributed by atoms with E-state index in [1.165, 1.54) is 6.07 Å². The molecular formula is C22H20FNO3S. The third-order valence-corrected chi connectivity index (χ3v) is 6.49. The maximum atomic E-state index is 13.9. The van der Waals surface area contributed by atoms with Gasteiger partial charge in [-0.2, -0.15) is 0 Å². The van der Waals surface area contributed by atoms with Crippen LogP contribution in [0, 0.1) is 5.82 Å². The zero-order valence-electron chi connectivity index (χ0n) is 15.3. The van der Waals surface area contributed by atoms with E-state index >= 15 is 0 Å². The van der Waals surface area contributed by atoms with Crippen LogP contribution in [-0.2, 0) is 22.4 Å². The monoisotopic (exact) mass is 397 g/mol. The Morgan fingerprint density at radius 3 is 2.39 bits per heavy atom. The Hall–Kier alpha value is -2.70. The summed E-state index contributed by atoms with van der Waals surface area (Å²) in [5.74, 6) is -1.42. The molecule has 0 saturated heterocycles. The van der Waals surface area contributed by atoms with Crippen LogP contribution in [0.3, 0.4) is 0 Å². The maximum Gasteiger partial charge on any atom is 0.357 e. The molecule has 2 aromatic carbocycles. The molecule has 0 fully saturated rings. The Labute approximate surface area is 166 Å². The van der Waals surface area contributed by atoms with E-state index in [2.05, 4.69) is 4.98 Å². The van der Waals surface area contributed by atoms with Gasteiger partial charge in [-0.15, -0.1) is 0 Å². The van der Waals surface area contributed by atoms with Crippen molar-refractivity contribution in [1.29, 1.82) is 0 Å². The van der Waals surface area contributed by atoms with E-state index in [-0.39, 0.29) is 12.2 Å². The van der Waals surface area contributed by atoms with Crippen LogP contribution in [0.1, 0.15) is 23.4 Å². The topological polar surface area (TPSA) is 73.2 Å². The molecular weight excluding hydrogens is 377 g/mol. The summed E-state index contributed by atoms with van der Waals surface area (Å²) in [4.78, 5) is 15.8. The first-order valence-corrected chi connectivity index (χ1v) is 10.1. The highest BCUT2D eigenvalue weighted by Crippen LogP contribution is 2.30. The van der Waals surface area contributed by atoms with E-state index in [0.717, 1.165) is 5.56 Å². The Kier molecular flexibility index (Phi) is 6.44. The quantitative estimate of drug-likeness (QED) is 0.600. The summed E-state index contributed by atoms with van der Waals surface area (Å²) < 4.78 is 26.9. The predicted octanol–water partition coefficient (Wildman–Crippen LogP) is 4.39. The van der Waals surface area contributed by atoms with Gasteiger partial charge >= 0.3 is 5.97 Å². The summed E-state index contributed by atoms with van der Waals surface area (Å²) in [7, 11) is 0. The average molecular weight is 397 g/mol. The fraction of sp³-hybridized carbons (Fsp3) is 0.182. The number of rotatable bonds is 7. The van der Waals surface area contributed by atoms with Crippen LogP contribution in [0.2, 0.25) is 0 Å². The molecule has 0 amide bonds. The number of carbonyl (C=O) groups is 1. The fourth-order valence-corrected chi connectivity index (χ4v) is 4.44. The van der Waals surface area contributed by atoms with Crippen molar-refractivity contribution < 1.29 is 18.8 Å². The number of halogens is 1. The van der Waals surface area contributed by atoms with Crippen LogP contribution in [-0.4, -0.2) is 25.9 Å². The molecule has 144 valence electrons. The summed E-state index contributed by atoms with van der Waals surface area (Å²) in [6.07, 6.45) is 1.68. The lowest BCUT2D eigenvalue weighted by atomic mass is 10.0. The van der Waals surface area contributed by atoms with Gasteiger partial charge < -0.3 is 9.66 Å². The number of hydrogen-bond acceptors (Lipinski definition) is 3. The predicted molar refractivity (Wildman–Crippen MR) is 108 cm³/mol. The van der Waals surface area contributed by atoms with Crippen molar-refractivity contribution in [3.05, 3.63) is 90.0 Å². The van der Waals surface area contributed by atoms with Crippen molar-refractivity contribution in [2.24, 2.45) is 0 Å². The molecule has 0 bridgehead atoms. The largest absolute Gasteiger partial charge is 0.615 e. The van der Waals surface area contributed by atoms with Gasteiger partial charge in [0.05, 0.1) is 0 Å². The number of hydrogen-bond donors (Lipinski definition) is 1. The van der Waals surface area contributed by atoms with Crippen molar-refractivity contribution in [2.45, 2.75) is 23.8 Å². The summed E-state index contributed by atoms with van der Waals surface area (Å²) in [5.41, 5.74) is 2.53. The number of aromatic nitrogens is 1. The van der Waals surface area contributed by atoms with Crippen LogP contribution < -0.4 is 0 Å². The molecule has 28 heavy (non-hydrogen) atoms. The zero-order chi connectivity index (χ0) is 20.1. The second-order valence-corrected chi connectivity index (χ2v) is 8.36. The van der Waals surface area contributed by atoms with Crippen LogP contribution in [0.4, 0.5) is 4.39 Å². The Morgan fingerprint density at radius 1 is 1.11 bits per heavy atom. The number of carboxylic acid groups (broad SMARTS) is 1. The van der Waals surface area contributed by atoms with Gasteiger partial charge in [-0.1, -0.05) is 48.5 Å². The van der Waals surface area contributed by atoms with E-state index in [1.807, 2.05) is 0 Å². The van der Waals surface area contributed by atoms with Crippen molar-refractivity contribution >= 4 is 17.1 Å². The van der Waals surface area contributed by atoms with Crippen LogP contribution in [0.15, 0.2) is 72.9 Å². The van der Waals surface area contributed by atoms with E-state index in [4.69, 9.17) is 0 Å². The number of pyridine rings is 1. The van der Waals surface area contributed by atoms with Crippen LogP contribution >= 0.6 is 0 Å². The SMILES string of the molecule is CC(c1ccc(-c2ccccc2F)cc1)[S+]([O-])C(Cc1ccccn1)C(=O)O. The zero-order valence-corrected chi connectivity index (χ0v) is 16.1. The summed E-state index contributed by atoms with van der Waals surface area (Å²) in [6.45, 7) is 1.74. The Bertz CT molecular complexity index is 934. The third kappa shape index (κ3) is 4.58. The maximum absolute atomic E-state index is 13.9. The molecule has 1 N–H and O–H groups in total. The molecule has 3 unspecified atom stereocenters. The Morgan fingerprint density at radius 2 is 1.79 bits per heavy atom. The van der Waals surface area contributed by atoms with Gasteiger partial charge in [-0.25, -0.2) is 9.18 Å². The first-order valence-electron chi connectivity index (χ1n) is 8.84. The summed E-state index contributed by atoms with van der Waals surface area (Å²) >= 11 is -1.65. The lowest BCUT2D eigenvalue weighted by Crippen LogP contribution is -2.35. The van der Waals surface area contributed by atoms with Gasteiger partial charge in [0.15, 0.2) is 0 Å². The van der Waals surface area contributed by atoms with E-state index in [0.29, 0.717) is 16.8 Å². The highest BCUT2D eigenvalue weighted by Gasteiger charge is 2.35. The first-order chi connectivity index (χ1) is 13.5. The van der Waals surface area contributed by atoms with Gasteiger partial charge in [0.1, 0.15) is 11.1 Å². The molecule has 0 aliphatic rings. The van der Waals surface area contributed by atoms with Crippen molar-refractivity contribution in [1.82, 2.24) is 4.98 Å². The molecule has 0 aliphatic carbocycles. The summed E-state index contributed by atoms with van der Waals surface area (Å²) in [5, 5.41) is 8.02. The number of carboxylic acids is 1. The van der Waals surface area contributed by atoms with Gasteiger partial charge in [0, 0.05) is 29.4 Å². The van der Waals surface area contributed by atoms with Crippen molar-refractivity contribution in [2.75, 3.05) is 0 Å². The highest BCUT2D eigenvalue weighted by molar-refractivity contribution is 7.93. The smallest absolute Gasteiger partial charge is 0.357 e. The molecule has 3 rings (SSSR count). The first kappa shape index (κ1) is 20.0. The molecule has 0 aliphatic heterocycles. The highest BCUT2D eigenvalue weighted by atomic mass is 32.2. The third-order valence-electron chi connectivity index (χ3n) is 4.59. The standard InChI is InChI=1S/C22H20FNO3S/c1-15(28(27)21(22(25)26)14-18-6-4-5-13-24-18)16-9-11-17(12-10-16)19-7-2-3-8-20(19)23/h2-13,15,21H,14H2,1H3,(H,25,26). The van der Waals surface area contributed by atoms with E-state index in [1.54, 1.807) is 73.8 Å². The lowest BCUT2D eigenvalue weighted by Gasteiger charge is -2.24. The minimum atomic E-state index is -1.65. The molecule has 4 nitrogen and oxygen atoms in total. The molecule has 0 radical (unpaired) electrons. The van der Waals surface area contributed by atoms with Crippen molar-refractivity contribution in [3.8, 4) is 11.1 Å². The van der Waals surface area contributed by atoms with Crippen LogP contribution in [0.5, 0.6) is 0 Å². The van der Waals surface area contributed by atoms with Gasteiger partial charge in [0.25, 0.3) is 0 Å². The molecule has 1 heterocycles. The van der Waals surface area contributed by atoms with Gasteiger partial charge in [0.2, 0.25) is 5.25 Å². The molecule has 3 aromatic rings. The molecule has 1 aromatic heterocycles. The minimum Gasteiger partial charge on any atom is -0.615 e. The van der Waals surface area contributed by atoms with Gasteiger partial charge in [-0.05, 0) is 41.9 Å². The number of aliphatic carboxylic acids is 1. The fourth-order valence-electron chi connectivity index (χ4n) is 2.99. The number of nitrogens with zero attached hydrogens (tertiary/aromatic N) is 1. The molecule has 0 spiro atoms. The summed E-state index contributed by atoms with van der Waals surface area (Å²) in [6, 6.07) is 18.8. The second kappa shape index (κ2) is 8.99. The average Bonchev–Trinajstić information content (AvgIpc) is 2.72. The number of benzene rings is 2.